The molecule has 0 bridgehead atoms. The van der Waals surface area contributed by atoms with E-state index in [2.05, 4.69) is 16.0 Å². The molecule has 0 heterocycles. The number of hydrogen-bond donors (Lipinski definition) is 7. The number of amides is 3. The molecule has 174 valence electrons. The van der Waals surface area contributed by atoms with Gasteiger partial charge in [-0.25, -0.2) is 4.79 Å². The van der Waals surface area contributed by atoms with E-state index in [1.807, 2.05) is 0 Å². The topological polar surface area (TPSA) is 197 Å². The first-order valence-corrected chi connectivity index (χ1v) is 10.2. The van der Waals surface area contributed by atoms with E-state index >= 15 is 0 Å². The molecule has 0 saturated heterocycles. The fraction of sp³-hybridized carbons (Fsp3) is 0.789. The number of nitrogens with two attached hydrogens (primary N) is 2. The summed E-state index contributed by atoms with van der Waals surface area (Å²) in [5.41, 5.74) is 11.3. The first kappa shape index (κ1) is 27.8. The summed E-state index contributed by atoms with van der Waals surface area (Å²) < 4.78 is 0. The van der Waals surface area contributed by atoms with Crippen molar-refractivity contribution in [3.8, 4) is 0 Å². The van der Waals surface area contributed by atoms with Gasteiger partial charge in [-0.3, -0.25) is 14.4 Å². The van der Waals surface area contributed by atoms with Crippen molar-refractivity contribution in [1.29, 1.82) is 0 Å². The number of rotatable bonds is 14. The number of nitrogens with one attached hydrogen (secondary N) is 3. The molecule has 0 aliphatic rings. The highest BCUT2D eigenvalue weighted by atomic mass is 16.4. The average molecular weight is 432 g/mol. The van der Waals surface area contributed by atoms with E-state index in [0.717, 1.165) is 0 Å². The van der Waals surface area contributed by atoms with Crippen molar-refractivity contribution in [2.45, 2.75) is 71.1 Å². The number of aliphatic carboxylic acids is 1. The van der Waals surface area contributed by atoms with E-state index < -0.39 is 60.4 Å². The van der Waals surface area contributed by atoms with Crippen LogP contribution in [0.25, 0.3) is 0 Å². The lowest BCUT2D eigenvalue weighted by Gasteiger charge is -2.25. The predicted molar refractivity (Wildman–Crippen MR) is 111 cm³/mol. The molecule has 0 aromatic carbocycles. The van der Waals surface area contributed by atoms with Gasteiger partial charge in [-0.15, -0.1) is 0 Å². The molecule has 4 atom stereocenters. The quantitative estimate of drug-likeness (QED) is 0.158. The fourth-order valence-electron chi connectivity index (χ4n) is 2.57. The van der Waals surface area contributed by atoms with Crippen LogP contribution in [0.5, 0.6) is 0 Å². The molecule has 0 aromatic rings. The molecule has 0 aromatic heterocycles. The van der Waals surface area contributed by atoms with Gasteiger partial charge in [0.2, 0.25) is 17.7 Å². The van der Waals surface area contributed by atoms with Gasteiger partial charge in [-0.2, -0.15) is 0 Å². The van der Waals surface area contributed by atoms with Crippen LogP contribution in [0.15, 0.2) is 0 Å². The maximum atomic E-state index is 12.7. The van der Waals surface area contributed by atoms with Gasteiger partial charge in [-0.05, 0) is 37.6 Å². The highest BCUT2D eigenvalue weighted by Crippen LogP contribution is 2.06. The zero-order valence-electron chi connectivity index (χ0n) is 18.2. The van der Waals surface area contributed by atoms with Gasteiger partial charge in [0, 0.05) is 0 Å². The van der Waals surface area contributed by atoms with Crippen LogP contribution in [0.1, 0.15) is 47.0 Å². The predicted octanol–water partition coefficient (Wildman–Crippen LogP) is -1.71. The van der Waals surface area contributed by atoms with Gasteiger partial charge in [0.15, 0.2) is 0 Å². The zero-order chi connectivity index (χ0) is 23.4. The Hall–Kier alpha value is -2.24. The lowest BCUT2D eigenvalue weighted by molar-refractivity contribution is -0.143. The number of carbonyl (C=O) groups is 4. The number of carboxylic acid groups (broad SMARTS) is 1. The normalized spacial score (nSPS) is 15.2. The van der Waals surface area contributed by atoms with Crippen molar-refractivity contribution in [3.05, 3.63) is 0 Å². The third-order valence-electron chi connectivity index (χ3n) is 4.65. The van der Waals surface area contributed by atoms with Crippen molar-refractivity contribution in [2.24, 2.45) is 23.3 Å². The van der Waals surface area contributed by atoms with Gasteiger partial charge in [0.1, 0.15) is 18.1 Å². The molecule has 30 heavy (non-hydrogen) atoms. The molecule has 3 amide bonds. The molecule has 0 fully saturated rings. The maximum Gasteiger partial charge on any atom is 0.326 e. The van der Waals surface area contributed by atoms with Gasteiger partial charge < -0.3 is 37.6 Å². The number of aliphatic hydroxyl groups excluding tert-OH is 1. The van der Waals surface area contributed by atoms with Gasteiger partial charge in [0.05, 0.1) is 12.6 Å². The van der Waals surface area contributed by atoms with Crippen LogP contribution in [0, 0.1) is 11.8 Å². The monoisotopic (exact) mass is 431 g/mol. The first-order valence-electron chi connectivity index (χ1n) is 10.2. The Kier molecular flexibility index (Phi) is 12.8. The van der Waals surface area contributed by atoms with E-state index in [0.29, 0.717) is 19.4 Å². The largest absolute Gasteiger partial charge is 0.480 e. The molecule has 0 aliphatic carbocycles. The van der Waals surface area contributed by atoms with E-state index in [4.69, 9.17) is 11.5 Å². The highest BCUT2D eigenvalue weighted by molar-refractivity contribution is 5.94. The fourth-order valence-corrected chi connectivity index (χ4v) is 2.57. The SMILES string of the molecule is CC(C)C(N)C(=O)NC(CCCCN)C(=O)NC(CO)C(=O)NC(C(=O)O)C(C)C. The van der Waals surface area contributed by atoms with Crippen LogP contribution in [0.3, 0.4) is 0 Å². The van der Waals surface area contributed by atoms with E-state index in [9.17, 15) is 29.4 Å². The second-order valence-corrected chi connectivity index (χ2v) is 7.93. The Bertz CT molecular complexity index is 584. The first-order chi connectivity index (χ1) is 14.0. The molecule has 4 unspecified atom stereocenters. The van der Waals surface area contributed by atoms with Crippen LogP contribution >= 0.6 is 0 Å². The molecule has 0 saturated carbocycles. The van der Waals surface area contributed by atoms with Crippen LogP contribution < -0.4 is 27.4 Å². The Labute approximate surface area is 177 Å². The molecular weight excluding hydrogens is 394 g/mol. The summed E-state index contributed by atoms with van der Waals surface area (Å²) in [6, 6.07) is -4.33. The molecule has 9 N–H and O–H groups in total. The summed E-state index contributed by atoms with van der Waals surface area (Å²) in [6.45, 7) is 6.46. The second kappa shape index (κ2) is 13.9. The van der Waals surface area contributed by atoms with Crippen molar-refractivity contribution in [3.63, 3.8) is 0 Å². The van der Waals surface area contributed by atoms with Crippen LogP contribution in [-0.4, -0.2) is 71.2 Å². The number of carboxylic acids is 1. The minimum atomic E-state index is -1.37. The molecule has 11 heteroatoms. The molecule has 0 rings (SSSR count). The molecule has 0 radical (unpaired) electrons. The lowest BCUT2D eigenvalue weighted by atomic mass is 10.0. The summed E-state index contributed by atoms with van der Waals surface area (Å²) in [4.78, 5) is 48.6. The minimum absolute atomic E-state index is 0.141. The second-order valence-electron chi connectivity index (χ2n) is 7.93. The van der Waals surface area contributed by atoms with Gasteiger partial charge in [-0.1, -0.05) is 27.7 Å². The third kappa shape index (κ3) is 9.51. The Balaban J connectivity index is 5.23. The van der Waals surface area contributed by atoms with E-state index in [-0.39, 0.29) is 12.3 Å². The summed E-state index contributed by atoms with van der Waals surface area (Å²) in [5, 5.41) is 26.0. The van der Waals surface area contributed by atoms with Crippen molar-refractivity contribution >= 4 is 23.7 Å². The van der Waals surface area contributed by atoms with Crippen LogP contribution in [0.4, 0.5) is 0 Å². The molecule has 0 aliphatic heterocycles. The van der Waals surface area contributed by atoms with Crippen LogP contribution in [-0.2, 0) is 19.2 Å². The molecule has 0 spiro atoms. The number of hydrogen-bond acceptors (Lipinski definition) is 7. The third-order valence-corrected chi connectivity index (χ3v) is 4.65. The maximum absolute atomic E-state index is 12.7. The number of unbranched alkanes of at least 4 members (excludes halogenated alkanes) is 1. The summed E-state index contributed by atoms with van der Waals surface area (Å²) in [7, 11) is 0. The Morgan fingerprint density at radius 3 is 1.80 bits per heavy atom. The molecule has 11 nitrogen and oxygen atoms in total. The van der Waals surface area contributed by atoms with E-state index in [1.165, 1.54) is 0 Å². The zero-order valence-corrected chi connectivity index (χ0v) is 18.2. The smallest absolute Gasteiger partial charge is 0.326 e. The van der Waals surface area contributed by atoms with Crippen molar-refractivity contribution in [1.82, 2.24) is 16.0 Å². The number of aliphatic hydroxyl groups is 1. The summed E-state index contributed by atoms with van der Waals surface area (Å²) in [5.74, 6) is -3.79. The minimum Gasteiger partial charge on any atom is -0.480 e. The van der Waals surface area contributed by atoms with E-state index in [1.54, 1.807) is 27.7 Å². The van der Waals surface area contributed by atoms with Gasteiger partial charge >= 0.3 is 5.97 Å². The summed E-state index contributed by atoms with van der Waals surface area (Å²) >= 11 is 0. The Morgan fingerprint density at radius 2 is 1.37 bits per heavy atom. The van der Waals surface area contributed by atoms with Crippen molar-refractivity contribution < 1.29 is 29.4 Å². The lowest BCUT2D eigenvalue weighted by Crippen LogP contribution is -2.58. The highest BCUT2D eigenvalue weighted by Gasteiger charge is 2.31. The van der Waals surface area contributed by atoms with Gasteiger partial charge in [0.25, 0.3) is 0 Å². The Morgan fingerprint density at radius 1 is 0.833 bits per heavy atom. The van der Waals surface area contributed by atoms with Crippen LogP contribution in [0.2, 0.25) is 0 Å². The molecular formula is C19H37N5O6. The number of carbonyl (C=O) groups excluding carboxylic acids is 3. The van der Waals surface area contributed by atoms with Crippen molar-refractivity contribution in [2.75, 3.05) is 13.2 Å². The standard InChI is InChI=1S/C19H37N5O6/c1-10(2)14(21)18(28)22-12(7-5-6-8-20)16(26)23-13(9-25)17(27)24-15(11(3)4)19(29)30/h10-15,25H,5-9,20-21H2,1-4H3,(H,22,28)(H,23,26)(H,24,27)(H,29,30). The average Bonchev–Trinajstić information content (AvgIpc) is 2.67. The summed E-state index contributed by atoms with van der Waals surface area (Å²) in [6.07, 6.45) is 1.45.